The Labute approximate surface area is 305 Å². The molecule has 0 aliphatic carbocycles. The van der Waals surface area contributed by atoms with Crippen LogP contribution in [0.5, 0.6) is 0 Å². The molecule has 4 amide bonds. The summed E-state index contributed by atoms with van der Waals surface area (Å²) in [6.07, 6.45) is 1.75. The van der Waals surface area contributed by atoms with Gasteiger partial charge in [0.1, 0.15) is 35.7 Å². The number of ether oxygens (including phenoxy) is 2. The van der Waals surface area contributed by atoms with Crippen LogP contribution in [-0.2, 0) is 19.1 Å². The third kappa shape index (κ3) is 7.26. The standard InChI is InChI=1S/C39H42N6O8/c1-22(2)34(43-39(49)51-4)37(47)45-18-6-8-30(45)36-42-28-16-14-26(20-32(28)53-36)24-11-9-23(10-12-24)25-13-15-27-31(19-25)52-35(41-27)29-7-5-17-44(29)33(46)21-40-38(48)50-3/h9-16,19-20,22,29-30,34H,5-8,17-18,21H2,1-4H3,(H,40,48)(H,43,49)/t29-,30+,34+/m0/s1. The smallest absolute Gasteiger partial charge is 0.407 e. The minimum Gasteiger partial charge on any atom is -0.453 e. The van der Waals surface area contributed by atoms with Gasteiger partial charge in [0.15, 0.2) is 11.2 Å². The number of nitrogens with zero attached hydrogens (tertiary/aromatic N) is 4. The molecule has 3 atom stereocenters. The van der Waals surface area contributed by atoms with E-state index >= 15 is 0 Å². The first-order valence-corrected chi connectivity index (χ1v) is 17.8. The van der Waals surface area contributed by atoms with E-state index in [2.05, 4.69) is 15.4 Å². The highest BCUT2D eigenvalue weighted by molar-refractivity contribution is 5.87. The SMILES string of the molecule is COC(=O)NCC(=O)N1CCC[C@H]1c1nc2ccc(-c3ccc(-c4ccc5nc([C@H]6CCCN6C(=O)[C@H](NC(=O)OC)C(C)C)oc5c4)cc3)cc2o1. The van der Waals surface area contributed by atoms with Crippen LogP contribution in [0.1, 0.15) is 63.4 Å². The van der Waals surface area contributed by atoms with Crippen LogP contribution in [0, 0.1) is 5.92 Å². The van der Waals surface area contributed by atoms with Crippen molar-refractivity contribution in [3.8, 4) is 22.3 Å². The normalized spacial score (nSPS) is 17.8. The molecule has 276 valence electrons. The largest absolute Gasteiger partial charge is 0.453 e. The Balaban J connectivity index is 1.06. The minimum absolute atomic E-state index is 0.130. The molecule has 2 fully saturated rings. The van der Waals surface area contributed by atoms with Gasteiger partial charge in [0.25, 0.3) is 0 Å². The number of oxazole rings is 2. The molecule has 0 radical (unpaired) electrons. The number of hydrogen-bond donors (Lipinski definition) is 2. The number of alkyl carbamates (subject to hydrolysis) is 2. The van der Waals surface area contributed by atoms with Gasteiger partial charge in [-0.2, -0.15) is 0 Å². The van der Waals surface area contributed by atoms with Gasteiger partial charge < -0.3 is 38.7 Å². The molecule has 0 saturated carbocycles. The molecule has 2 aromatic heterocycles. The summed E-state index contributed by atoms with van der Waals surface area (Å²) >= 11 is 0. The lowest BCUT2D eigenvalue weighted by atomic mass is 10.00. The van der Waals surface area contributed by atoms with Crippen LogP contribution in [0.3, 0.4) is 0 Å². The topological polar surface area (TPSA) is 169 Å². The van der Waals surface area contributed by atoms with E-state index in [1.807, 2.05) is 74.5 Å². The molecule has 5 aromatic rings. The molecule has 4 heterocycles. The van der Waals surface area contributed by atoms with Gasteiger partial charge in [0.05, 0.1) is 14.2 Å². The third-order valence-electron chi connectivity index (χ3n) is 10.0. The van der Waals surface area contributed by atoms with E-state index in [1.54, 1.807) is 9.80 Å². The molecule has 0 spiro atoms. The van der Waals surface area contributed by atoms with Crippen molar-refractivity contribution in [2.45, 2.75) is 57.7 Å². The molecule has 2 saturated heterocycles. The van der Waals surface area contributed by atoms with Crippen molar-refractivity contribution in [1.82, 2.24) is 30.4 Å². The van der Waals surface area contributed by atoms with Crippen LogP contribution in [0.4, 0.5) is 9.59 Å². The average molecular weight is 723 g/mol. The molecule has 7 rings (SSSR count). The van der Waals surface area contributed by atoms with Gasteiger partial charge in [0.2, 0.25) is 23.6 Å². The van der Waals surface area contributed by atoms with Gasteiger partial charge >= 0.3 is 12.2 Å². The summed E-state index contributed by atoms with van der Waals surface area (Å²) in [6.45, 7) is 4.72. The summed E-state index contributed by atoms with van der Waals surface area (Å²) in [5, 5.41) is 5.12. The van der Waals surface area contributed by atoms with Gasteiger partial charge in [-0.15, -0.1) is 0 Å². The zero-order chi connectivity index (χ0) is 37.2. The van der Waals surface area contributed by atoms with Crippen LogP contribution in [0.2, 0.25) is 0 Å². The molecule has 0 unspecified atom stereocenters. The third-order valence-corrected chi connectivity index (χ3v) is 10.0. The Morgan fingerprint density at radius 1 is 0.736 bits per heavy atom. The van der Waals surface area contributed by atoms with Crippen LogP contribution in [0.15, 0.2) is 69.5 Å². The zero-order valence-electron chi connectivity index (χ0n) is 30.1. The molecule has 53 heavy (non-hydrogen) atoms. The maximum atomic E-state index is 13.6. The van der Waals surface area contributed by atoms with E-state index in [0.717, 1.165) is 41.5 Å². The molecule has 14 heteroatoms. The number of aromatic nitrogens is 2. The second-order valence-electron chi connectivity index (χ2n) is 13.7. The van der Waals surface area contributed by atoms with E-state index in [1.165, 1.54) is 14.2 Å². The number of nitrogens with one attached hydrogen (secondary N) is 2. The molecule has 2 aliphatic heterocycles. The van der Waals surface area contributed by atoms with Crippen molar-refractivity contribution in [2.75, 3.05) is 33.9 Å². The second kappa shape index (κ2) is 15.0. The van der Waals surface area contributed by atoms with Crippen LogP contribution in [-0.4, -0.2) is 83.7 Å². The van der Waals surface area contributed by atoms with Gasteiger partial charge in [0, 0.05) is 13.1 Å². The lowest BCUT2D eigenvalue weighted by Crippen LogP contribution is -2.51. The highest BCUT2D eigenvalue weighted by atomic mass is 16.5. The number of hydrogen-bond acceptors (Lipinski definition) is 10. The molecule has 0 bridgehead atoms. The maximum absolute atomic E-state index is 13.6. The fourth-order valence-electron chi connectivity index (χ4n) is 7.19. The number of rotatable bonds is 9. The van der Waals surface area contributed by atoms with Crippen molar-refractivity contribution in [3.05, 3.63) is 72.4 Å². The Morgan fingerprint density at radius 2 is 1.23 bits per heavy atom. The minimum atomic E-state index is -0.721. The van der Waals surface area contributed by atoms with Gasteiger partial charge in [-0.05, 0) is 78.1 Å². The Hall–Kier alpha value is -5.92. The monoisotopic (exact) mass is 722 g/mol. The quantitative estimate of drug-likeness (QED) is 0.174. The Morgan fingerprint density at radius 3 is 1.74 bits per heavy atom. The fraction of sp³-hybridized carbons (Fsp3) is 0.385. The predicted octanol–water partition coefficient (Wildman–Crippen LogP) is 6.37. The summed E-state index contributed by atoms with van der Waals surface area (Å²) in [7, 11) is 2.53. The van der Waals surface area contributed by atoms with Gasteiger partial charge in [-0.25, -0.2) is 19.6 Å². The van der Waals surface area contributed by atoms with Crippen molar-refractivity contribution in [2.24, 2.45) is 5.92 Å². The molecular weight excluding hydrogens is 680 g/mol. The average Bonchev–Trinajstić information content (AvgIpc) is 4.00. The van der Waals surface area contributed by atoms with Crippen LogP contribution in [0.25, 0.3) is 44.5 Å². The number of carbonyl (C=O) groups excluding carboxylic acids is 4. The summed E-state index contributed by atoms with van der Waals surface area (Å²) in [5.74, 6) is 0.424. The second-order valence-corrected chi connectivity index (χ2v) is 13.7. The Kier molecular flexibility index (Phi) is 10.0. The van der Waals surface area contributed by atoms with Crippen molar-refractivity contribution in [3.63, 3.8) is 0 Å². The van der Waals surface area contributed by atoms with Crippen LogP contribution < -0.4 is 10.6 Å². The van der Waals surface area contributed by atoms with Crippen molar-refractivity contribution < 1.29 is 37.5 Å². The summed E-state index contributed by atoms with van der Waals surface area (Å²) < 4.78 is 21.8. The van der Waals surface area contributed by atoms with Crippen molar-refractivity contribution >= 4 is 46.2 Å². The van der Waals surface area contributed by atoms with Gasteiger partial charge in [-0.3, -0.25) is 9.59 Å². The highest BCUT2D eigenvalue weighted by Gasteiger charge is 2.38. The first-order valence-electron chi connectivity index (χ1n) is 17.8. The first kappa shape index (κ1) is 35.5. The fourth-order valence-corrected chi connectivity index (χ4v) is 7.19. The van der Waals surface area contributed by atoms with E-state index in [9.17, 15) is 19.2 Å². The predicted molar refractivity (Wildman–Crippen MR) is 194 cm³/mol. The zero-order valence-corrected chi connectivity index (χ0v) is 30.1. The van der Waals surface area contributed by atoms with E-state index in [4.69, 9.17) is 23.5 Å². The molecule has 2 aliphatic rings. The number of methoxy groups -OCH3 is 2. The van der Waals surface area contributed by atoms with Crippen LogP contribution >= 0.6 is 0 Å². The number of amides is 4. The van der Waals surface area contributed by atoms with Gasteiger partial charge in [-0.1, -0.05) is 50.2 Å². The van der Waals surface area contributed by atoms with E-state index < -0.39 is 18.2 Å². The number of likely N-dealkylation sites (tertiary alicyclic amines) is 2. The lowest BCUT2D eigenvalue weighted by molar-refractivity contribution is -0.135. The number of fused-ring (bicyclic) bond motifs is 2. The molecular formula is C39H42N6O8. The van der Waals surface area contributed by atoms with E-state index in [-0.39, 0.29) is 36.4 Å². The first-order chi connectivity index (χ1) is 25.6. The molecule has 14 nitrogen and oxygen atoms in total. The summed E-state index contributed by atoms with van der Waals surface area (Å²) in [6, 6.07) is 18.6. The van der Waals surface area contributed by atoms with Crippen molar-refractivity contribution in [1.29, 1.82) is 0 Å². The number of carbonyl (C=O) groups is 4. The highest BCUT2D eigenvalue weighted by Crippen LogP contribution is 2.37. The summed E-state index contributed by atoms with van der Waals surface area (Å²) in [4.78, 5) is 62.7. The Bertz CT molecular complexity index is 2160. The molecule has 2 N–H and O–H groups in total. The van der Waals surface area contributed by atoms with E-state index in [0.29, 0.717) is 53.5 Å². The summed E-state index contributed by atoms with van der Waals surface area (Å²) in [5.41, 5.74) is 6.57. The molecule has 3 aromatic carbocycles. The lowest BCUT2D eigenvalue weighted by Gasteiger charge is -2.29. The number of benzene rings is 3. The maximum Gasteiger partial charge on any atom is 0.407 e.